The molecule has 0 radical (unpaired) electrons. The molecule has 3 amide bonds. The van der Waals surface area contributed by atoms with Crippen LogP contribution in [0.5, 0.6) is 0 Å². The lowest BCUT2D eigenvalue weighted by atomic mass is 9.97. The second-order valence-corrected chi connectivity index (χ2v) is 10.5. The van der Waals surface area contributed by atoms with Crippen LogP contribution in [0.4, 0.5) is 11.4 Å². The van der Waals surface area contributed by atoms with Gasteiger partial charge in [0.25, 0.3) is 0 Å². The van der Waals surface area contributed by atoms with E-state index in [0.29, 0.717) is 28.9 Å². The largest absolute Gasteiger partial charge is 0.349 e. The summed E-state index contributed by atoms with van der Waals surface area (Å²) in [6.07, 6.45) is 1.57. The lowest BCUT2D eigenvalue weighted by molar-refractivity contribution is -0.128. The Hall–Kier alpha value is -4.53. The van der Waals surface area contributed by atoms with Gasteiger partial charge in [-0.1, -0.05) is 55.5 Å². The number of benzene rings is 3. The molecule has 0 fully saturated rings. The van der Waals surface area contributed by atoms with Gasteiger partial charge in [0.05, 0.1) is 5.52 Å². The Morgan fingerprint density at radius 3 is 2.25 bits per heavy atom. The van der Waals surface area contributed by atoms with E-state index in [4.69, 9.17) is 0 Å². The van der Waals surface area contributed by atoms with Crippen molar-refractivity contribution in [3.05, 3.63) is 83.9 Å². The second kappa shape index (κ2) is 12.1. The normalized spacial score (nSPS) is 12.1. The topological polar surface area (TPSA) is 109 Å². The maximum atomic E-state index is 14.2. The fraction of sp³-hybridized carbons (Fsp3) is 0.323. The van der Waals surface area contributed by atoms with Crippen molar-refractivity contribution in [3.8, 4) is 0 Å². The Morgan fingerprint density at radius 2 is 1.62 bits per heavy atom. The fourth-order valence-corrected chi connectivity index (χ4v) is 4.43. The molecular weight excluding hydrogens is 504 g/mol. The van der Waals surface area contributed by atoms with E-state index < -0.39 is 11.6 Å². The molecule has 1 atom stereocenters. The summed E-state index contributed by atoms with van der Waals surface area (Å²) >= 11 is 0. The van der Waals surface area contributed by atoms with Crippen molar-refractivity contribution in [2.24, 2.45) is 0 Å². The first-order valence-electron chi connectivity index (χ1n) is 13.5. The van der Waals surface area contributed by atoms with Crippen LogP contribution in [0, 0.1) is 0 Å². The van der Waals surface area contributed by atoms with Crippen molar-refractivity contribution in [2.45, 2.75) is 65.6 Å². The van der Waals surface area contributed by atoms with Crippen LogP contribution in [0.3, 0.4) is 0 Å². The highest BCUT2D eigenvalue weighted by Crippen LogP contribution is 2.31. The van der Waals surface area contributed by atoms with Crippen LogP contribution < -0.4 is 15.5 Å². The number of aromatic nitrogens is 3. The zero-order valence-electron chi connectivity index (χ0n) is 23.6. The number of rotatable bonds is 10. The SMILES string of the molecule is CCc1ccc([C@@H](C(=O)NC(C)(C)CC)N(C(=O)Cn2nnc3ccccc32)c2ccc(NC(C)=O)cc2)cc1. The number of carbonyl (C=O) groups excluding carboxylic acids is 3. The summed E-state index contributed by atoms with van der Waals surface area (Å²) in [7, 11) is 0. The summed E-state index contributed by atoms with van der Waals surface area (Å²) in [6, 6.07) is 21.1. The summed E-state index contributed by atoms with van der Waals surface area (Å²) in [6.45, 7) is 9.29. The molecule has 40 heavy (non-hydrogen) atoms. The highest BCUT2D eigenvalue weighted by Gasteiger charge is 2.35. The van der Waals surface area contributed by atoms with E-state index in [1.165, 1.54) is 11.8 Å². The van der Waals surface area contributed by atoms with E-state index in [1.54, 1.807) is 28.9 Å². The van der Waals surface area contributed by atoms with Crippen molar-refractivity contribution >= 4 is 40.1 Å². The van der Waals surface area contributed by atoms with Gasteiger partial charge in [0.2, 0.25) is 17.7 Å². The quantitative estimate of drug-likeness (QED) is 0.293. The zero-order chi connectivity index (χ0) is 28.9. The smallest absolute Gasteiger partial charge is 0.249 e. The molecule has 0 bridgehead atoms. The van der Waals surface area contributed by atoms with Crippen molar-refractivity contribution in [1.29, 1.82) is 0 Å². The number of amides is 3. The van der Waals surface area contributed by atoms with Gasteiger partial charge in [-0.25, -0.2) is 4.68 Å². The third-order valence-corrected chi connectivity index (χ3v) is 7.00. The first-order chi connectivity index (χ1) is 19.1. The van der Waals surface area contributed by atoms with Gasteiger partial charge in [0.15, 0.2) is 0 Å². The Labute approximate surface area is 234 Å². The summed E-state index contributed by atoms with van der Waals surface area (Å²) in [4.78, 5) is 41.3. The number of anilines is 2. The van der Waals surface area contributed by atoms with E-state index in [1.807, 2.05) is 69.3 Å². The van der Waals surface area contributed by atoms with E-state index >= 15 is 0 Å². The van der Waals surface area contributed by atoms with Crippen LogP contribution in [0.15, 0.2) is 72.8 Å². The fourth-order valence-electron chi connectivity index (χ4n) is 4.43. The van der Waals surface area contributed by atoms with Gasteiger partial charge < -0.3 is 10.6 Å². The molecule has 2 N–H and O–H groups in total. The summed E-state index contributed by atoms with van der Waals surface area (Å²) in [5.41, 5.74) is 3.83. The lowest BCUT2D eigenvalue weighted by Gasteiger charge is -2.34. The second-order valence-electron chi connectivity index (χ2n) is 10.5. The maximum Gasteiger partial charge on any atom is 0.249 e. The number of nitrogens with zero attached hydrogens (tertiary/aromatic N) is 4. The Kier molecular flexibility index (Phi) is 8.62. The number of hydrogen-bond donors (Lipinski definition) is 2. The third kappa shape index (κ3) is 6.54. The minimum Gasteiger partial charge on any atom is -0.349 e. The molecule has 3 aromatic carbocycles. The molecule has 0 aliphatic rings. The zero-order valence-corrected chi connectivity index (χ0v) is 23.6. The molecule has 4 rings (SSSR count). The standard InChI is InChI=1S/C31H36N6O3/c1-6-22-12-14-23(15-13-22)29(30(40)33-31(4,5)7-2)37(25-18-16-24(17-19-25)32-21(3)38)28(39)20-36-27-11-9-8-10-26(27)34-35-36/h8-19,29H,6-7,20H2,1-5H3,(H,32,38)(H,33,40)/t29-/m0/s1. The monoisotopic (exact) mass is 540 g/mol. The molecule has 0 spiro atoms. The van der Waals surface area contributed by atoms with Crippen LogP contribution >= 0.6 is 0 Å². The average molecular weight is 541 g/mol. The Balaban J connectivity index is 1.82. The van der Waals surface area contributed by atoms with Crippen molar-refractivity contribution < 1.29 is 14.4 Å². The molecule has 9 heteroatoms. The van der Waals surface area contributed by atoms with Crippen molar-refractivity contribution in [2.75, 3.05) is 10.2 Å². The van der Waals surface area contributed by atoms with Gasteiger partial charge in [0.1, 0.15) is 18.1 Å². The van der Waals surface area contributed by atoms with Crippen molar-refractivity contribution in [1.82, 2.24) is 20.3 Å². The molecule has 4 aromatic rings. The summed E-state index contributed by atoms with van der Waals surface area (Å²) in [5.74, 6) is -0.829. The molecule has 0 aliphatic carbocycles. The predicted molar refractivity (Wildman–Crippen MR) is 157 cm³/mol. The summed E-state index contributed by atoms with van der Waals surface area (Å²) in [5, 5.41) is 14.3. The minimum atomic E-state index is -0.953. The van der Waals surface area contributed by atoms with Gasteiger partial charge in [-0.2, -0.15) is 0 Å². The number of carbonyl (C=O) groups is 3. The van der Waals surface area contributed by atoms with Crippen LogP contribution in [0.1, 0.15) is 58.2 Å². The molecule has 0 aliphatic heterocycles. The van der Waals surface area contributed by atoms with Gasteiger partial charge >= 0.3 is 0 Å². The van der Waals surface area contributed by atoms with Gasteiger partial charge in [-0.05, 0) is 74.2 Å². The highest BCUT2D eigenvalue weighted by molar-refractivity contribution is 6.02. The minimum absolute atomic E-state index is 0.123. The third-order valence-electron chi connectivity index (χ3n) is 7.00. The summed E-state index contributed by atoms with van der Waals surface area (Å²) < 4.78 is 1.54. The first kappa shape index (κ1) is 28.5. The molecule has 0 saturated heterocycles. The Morgan fingerprint density at radius 1 is 0.950 bits per heavy atom. The van der Waals surface area contributed by atoms with Crippen molar-refractivity contribution in [3.63, 3.8) is 0 Å². The van der Waals surface area contributed by atoms with Crippen LogP contribution in [0.2, 0.25) is 0 Å². The van der Waals surface area contributed by atoms with E-state index in [-0.39, 0.29) is 24.3 Å². The van der Waals surface area contributed by atoms with Gasteiger partial charge in [0, 0.05) is 23.8 Å². The highest BCUT2D eigenvalue weighted by atomic mass is 16.2. The van der Waals surface area contributed by atoms with E-state index in [2.05, 4.69) is 27.9 Å². The molecule has 208 valence electrons. The number of para-hydroxylation sites is 1. The molecule has 0 saturated carbocycles. The van der Waals surface area contributed by atoms with Crippen LogP contribution in [-0.4, -0.2) is 38.3 Å². The number of fused-ring (bicyclic) bond motifs is 1. The van der Waals surface area contributed by atoms with Gasteiger partial charge in [-0.3, -0.25) is 19.3 Å². The molecular formula is C31H36N6O3. The Bertz CT molecular complexity index is 1490. The number of aryl methyl sites for hydroxylation is 1. The average Bonchev–Trinajstić information content (AvgIpc) is 3.34. The molecule has 1 heterocycles. The first-order valence-corrected chi connectivity index (χ1v) is 13.5. The molecule has 1 aromatic heterocycles. The lowest BCUT2D eigenvalue weighted by Crippen LogP contribution is -2.51. The van der Waals surface area contributed by atoms with E-state index in [9.17, 15) is 14.4 Å². The molecule has 0 unspecified atom stereocenters. The molecule has 9 nitrogen and oxygen atoms in total. The van der Waals surface area contributed by atoms with Crippen LogP contribution in [0.25, 0.3) is 11.0 Å². The van der Waals surface area contributed by atoms with E-state index in [0.717, 1.165) is 17.5 Å². The van der Waals surface area contributed by atoms with Gasteiger partial charge in [-0.15, -0.1) is 5.10 Å². The van der Waals surface area contributed by atoms with Crippen LogP contribution in [-0.2, 0) is 27.3 Å². The predicted octanol–water partition coefficient (Wildman–Crippen LogP) is 5.03. The number of nitrogens with one attached hydrogen (secondary N) is 2. The maximum absolute atomic E-state index is 14.2. The number of hydrogen-bond acceptors (Lipinski definition) is 5.